The lowest BCUT2D eigenvalue weighted by atomic mass is 10.2. The summed E-state index contributed by atoms with van der Waals surface area (Å²) < 4.78 is 2.81. The third-order valence-corrected chi connectivity index (χ3v) is 5.60. The van der Waals surface area contributed by atoms with E-state index >= 15 is 0 Å². The van der Waals surface area contributed by atoms with Crippen molar-refractivity contribution in [2.75, 3.05) is 5.75 Å². The highest BCUT2D eigenvalue weighted by Crippen LogP contribution is 2.36. The Morgan fingerprint density at radius 1 is 1.50 bits per heavy atom. The highest BCUT2D eigenvalue weighted by Gasteiger charge is 2.18. The minimum atomic E-state index is 0.333. The molecule has 2 aromatic rings. The predicted octanol–water partition coefficient (Wildman–Crippen LogP) is 4.04. The number of aryl methyl sites for hydroxylation is 1. The SMILES string of the molecule is CC(C)n1c(-c2cc3c(s2)CCSC3)n[nH]c1=S. The lowest BCUT2D eigenvalue weighted by molar-refractivity contribution is 0.597. The smallest absolute Gasteiger partial charge is 0.195 e. The number of nitrogens with one attached hydrogen (secondary N) is 1. The van der Waals surface area contributed by atoms with E-state index in [4.69, 9.17) is 12.2 Å². The topological polar surface area (TPSA) is 33.6 Å². The van der Waals surface area contributed by atoms with Gasteiger partial charge in [-0.15, -0.1) is 11.3 Å². The van der Waals surface area contributed by atoms with Crippen molar-refractivity contribution in [3.05, 3.63) is 21.3 Å². The molecular formula is C12H15N3S3. The third-order valence-electron chi connectivity index (χ3n) is 3.07. The van der Waals surface area contributed by atoms with Crippen LogP contribution in [0.25, 0.3) is 10.7 Å². The second-order valence-corrected chi connectivity index (χ2v) is 7.31. The molecule has 0 radical (unpaired) electrons. The molecule has 0 spiro atoms. The summed E-state index contributed by atoms with van der Waals surface area (Å²) in [4.78, 5) is 2.76. The maximum atomic E-state index is 5.30. The summed E-state index contributed by atoms with van der Waals surface area (Å²) >= 11 is 9.19. The Labute approximate surface area is 120 Å². The van der Waals surface area contributed by atoms with E-state index < -0.39 is 0 Å². The molecule has 3 nitrogen and oxygen atoms in total. The second kappa shape index (κ2) is 4.83. The number of aromatic amines is 1. The third kappa shape index (κ3) is 2.06. The van der Waals surface area contributed by atoms with Gasteiger partial charge in [0.2, 0.25) is 0 Å². The van der Waals surface area contributed by atoms with E-state index in [-0.39, 0.29) is 0 Å². The number of thiophene rings is 1. The first-order valence-corrected chi connectivity index (χ1v) is 8.41. The number of nitrogens with zero attached hydrogens (tertiary/aromatic N) is 2. The molecule has 18 heavy (non-hydrogen) atoms. The summed E-state index contributed by atoms with van der Waals surface area (Å²) in [5.74, 6) is 3.36. The zero-order valence-electron chi connectivity index (χ0n) is 10.4. The van der Waals surface area contributed by atoms with Gasteiger partial charge in [-0.25, -0.2) is 0 Å². The molecule has 0 bridgehead atoms. The van der Waals surface area contributed by atoms with Crippen LogP contribution in [0.5, 0.6) is 0 Å². The Balaban J connectivity index is 2.10. The number of H-pyrrole nitrogens is 1. The maximum Gasteiger partial charge on any atom is 0.195 e. The van der Waals surface area contributed by atoms with Crippen LogP contribution in [0, 0.1) is 4.77 Å². The molecule has 0 aliphatic carbocycles. The number of fused-ring (bicyclic) bond motifs is 1. The lowest BCUT2D eigenvalue weighted by Gasteiger charge is -2.08. The van der Waals surface area contributed by atoms with Gasteiger partial charge in [0.15, 0.2) is 10.6 Å². The Kier molecular flexibility index (Phi) is 3.34. The molecule has 0 saturated carbocycles. The largest absolute Gasteiger partial charge is 0.297 e. The standard InChI is InChI=1S/C12H15N3S3/c1-7(2)15-11(13-14-12(15)16)10-5-8-6-17-4-3-9(8)18-10/h5,7H,3-4,6H2,1-2H3,(H,14,16). The zero-order valence-corrected chi connectivity index (χ0v) is 12.8. The summed E-state index contributed by atoms with van der Waals surface area (Å²) in [5, 5.41) is 7.31. The van der Waals surface area contributed by atoms with Crippen molar-refractivity contribution in [3.8, 4) is 10.7 Å². The van der Waals surface area contributed by atoms with E-state index in [1.165, 1.54) is 27.5 Å². The van der Waals surface area contributed by atoms with Gasteiger partial charge in [-0.3, -0.25) is 9.67 Å². The molecule has 0 aromatic carbocycles. The van der Waals surface area contributed by atoms with Crippen molar-refractivity contribution in [1.82, 2.24) is 14.8 Å². The average Bonchev–Trinajstić information content (AvgIpc) is 2.91. The maximum absolute atomic E-state index is 5.30. The molecule has 96 valence electrons. The monoisotopic (exact) mass is 297 g/mol. The Bertz CT molecular complexity index is 597. The van der Waals surface area contributed by atoms with E-state index in [1.807, 2.05) is 23.1 Å². The number of rotatable bonds is 2. The van der Waals surface area contributed by atoms with Crippen LogP contribution in [0.2, 0.25) is 0 Å². The summed E-state index contributed by atoms with van der Waals surface area (Å²) in [6.45, 7) is 4.27. The Morgan fingerprint density at radius 2 is 2.33 bits per heavy atom. The lowest BCUT2D eigenvalue weighted by Crippen LogP contribution is -2.02. The van der Waals surface area contributed by atoms with Crippen molar-refractivity contribution < 1.29 is 0 Å². The fraction of sp³-hybridized carbons (Fsp3) is 0.500. The molecule has 0 fully saturated rings. The van der Waals surface area contributed by atoms with Crippen molar-refractivity contribution in [2.24, 2.45) is 0 Å². The number of aromatic nitrogens is 3. The van der Waals surface area contributed by atoms with E-state index in [0.717, 1.165) is 11.6 Å². The van der Waals surface area contributed by atoms with Gasteiger partial charge in [0, 0.05) is 16.7 Å². The summed E-state index contributed by atoms with van der Waals surface area (Å²) in [6, 6.07) is 2.62. The molecule has 0 atom stereocenters. The minimum absolute atomic E-state index is 0.333. The number of hydrogen-bond acceptors (Lipinski definition) is 4. The first-order chi connectivity index (χ1) is 8.66. The first kappa shape index (κ1) is 12.4. The van der Waals surface area contributed by atoms with Crippen molar-refractivity contribution >= 4 is 35.3 Å². The van der Waals surface area contributed by atoms with Gasteiger partial charge in [0.1, 0.15) is 0 Å². The van der Waals surface area contributed by atoms with Crippen LogP contribution in [0.4, 0.5) is 0 Å². The van der Waals surface area contributed by atoms with Crippen molar-refractivity contribution in [2.45, 2.75) is 32.1 Å². The van der Waals surface area contributed by atoms with Gasteiger partial charge in [-0.05, 0) is 49.9 Å². The molecule has 3 heterocycles. The summed E-state index contributed by atoms with van der Waals surface area (Å²) in [6.07, 6.45) is 1.19. The molecule has 1 aliphatic heterocycles. The van der Waals surface area contributed by atoms with Crippen LogP contribution in [0.1, 0.15) is 30.3 Å². The molecule has 0 amide bonds. The van der Waals surface area contributed by atoms with Gasteiger partial charge in [0.25, 0.3) is 0 Å². The fourth-order valence-corrected chi connectivity index (χ4v) is 4.92. The minimum Gasteiger partial charge on any atom is -0.297 e. The molecule has 0 unspecified atom stereocenters. The highest BCUT2D eigenvalue weighted by atomic mass is 32.2. The van der Waals surface area contributed by atoms with E-state index in [2.05, 4.69) is 34.7 Å². The van der Waals surface area contributed by atoms with E-state index in [0.29, 0.717) is 10.8 Å². The number of hydrogen-bond donors (Lipinski definition) is 1. The van der Waals surface area contributed by atoms with Gasteiger partial charge >= 0.3 is 0 Å². The van der Waals surface area contributed by atoms with Crippen LogP contribution in [0.3, 0.4) is 0 Å². The van der Waals surface area contributed by atoms with Gasteiger partial charge in [-0.2, -0.15) is 16.9 Å². The van der Waals surface area contributed by atoms with Gasteiger partial charge in [-0.1, -0.05) is 0 Å². The van der Waals surface area contributed by atoms with Crippen LogP contribution in [0.15, 0.2) is 6.07 Å². The van der Waals surface area contributed by atoms with Crippen LogP contribution >= 0.6 is 35.3 Å². The average molecular weight is 297 g/mol. The second-order valence-electron chi connectivity index (χ2n) is 4.68. The molecular weight excluding hydrogens is 282 g/mol. The predicted molar refractivity (Wildman–Crippen MR) is 81.0 cm³/mol. The molecule has 1 aliphatic rings. The van der Waals surface area contributed by atoms with E-state index in [9.17, 15) is 0 Å². The molecule has 3 rings (SSSR count). The van der Waals surface area contributed by atoms with Gasteiger partial charge in [0.05, 0.1) is 4.88 Å². The van der Waals surface area contributed by atoms with Crippen LogP contribution in [-0.4, -0.2) is 20.5 Å². The number of thioether (sulfide) groups is 1. The molecule has 0 saturated heterocycles. The fourth-order valence-electron chi connectivity index (χ4n) is 2.21. The highest BCUT2D eigenvalue weighted by molar-refractivity contribution is 7.98. The van der Waals surface area contributed by atoms with E-state index in [1.54, 1.807) is 0 Å². The normalized spacial score (nSPS) is 15.1. The van der Waals surface area contributed by atoms with Crippen LogP contribution in [-0.2, 0) is 12.2 Å². The molecule has 6 heteroatoms. The van der Waals surface area contributed by atoms with Crippen LogP contribution < -0.4 is 0 Å². The Morgan fingerprint density at radius 3 is 3.06 bits per heavy atom. The van der Waals surface area contributed by atoms with Crippen molar-refractivity contribution in [1.29, 1.82) is 0 Å². The molecule has 1 N–H and O–H groups in total. The zero-order chi connectivity index (χ0) is 12.7. The summed E-state index contributed by atoms with van der Waals surface area (Å²) in [7, 11) is 0. The van der Waals surface area contributed by atoms with Crippen molar-refractivity contribution in [3.63, 3.8) is 0 Å². The quantitative estimate of drug-likeness (QED) is 0.849. The van der Waals surface area contributed by atoms with Gasteiger partial charge < -0.3 is 0 Å². The Hall–Kier alpha value is -0.590. The first-order valence-electron chi connectivity index (χ1n) is 6.03. The summed E-state index contributed by atoms with van der Waals surface area (Å²) in [5.41, 5.74) is 1.48. The molecule has 2 aromatic heterocycles.